The van der Waals surface area contributed by atoms with Crippen LogP contribution in [0.4, 0.5) is 0 Å². The summed E-state index contributed by atoms with van der Waals surface area (Å²) in [6.45, 7) is 11.8. The van der Waals surface area contributed by atoms with E-state index in [0.717, 1.165) is 29.6 Å². The summed E-state index contributed by atoms with van der Waals surface area (Å²) in [6.07, 6.45) is 16.2. The van der Waals surface area contributed by atoms with E-state index in [1.807, 2.05) is 0 Å². The highest BCUT2D eigenvalue weighted by Crippen LogP contribution is 2.27. The second kappa shape index (κ2) is 10.7. The molecule has 0 saturated heterocycles. The monoisotopic (exact) mass is 294 g/mol. The van der Waals surface area contributed by atoms with Gasteiger partial charge in [-0.25, -0.2) is 0 Å². The molecule has 0 heteroatoms. The van der Waals surface area contributed by atoms with Gasteiger partial charge in [-0.2, -0.15) is 0 Å². The normalized spacial score (nSPS) is 36.4. The second-order valence-corrected chi connectivity index (χ2v) is 8.77. The Balaban J connectivity index is 0.000000168. The van der Waals surface area contributed by atoms with Crippen LogP contribution < -0.4 is 0 Å². The Kier molecular flexibility index (Phi) is 9.69. The largest absolute Gasteiger partial charge is 0.0625 e. The molecule has 0 bridgehead atoms. The van der Waals surface area contributed by atoms with Crippen molar-refractivity contribution in [2.75, 3.05) is 0 Å². The summed E-state index contributed by atoms with van der Waals surface area (Å²) >= 11 is 0. The molecule has 0 heterocycles. The van der Waals surface area contributed by atoms with Crippen molar-refractivity contribution in [1.29, 1.82) is 0 Å². The van der Waals surface area contributed by atoms with Gasteiger partial charge >= 0.3 is 0 Å². The Morgan fingerprint density at radius 1 is 0.333 bits per heavy atom. The summed E-state index contributed by atoms with van der Waals surface area (Å²) in [4.78, 5) is 0. The van der Waals surface area contributed by atoms with Gasteiger partial charge in [0.15, 0.2) is 0 Å². The summed E-state index contributed by atoms with van der Waals surface area (Å²) in [5, 5.41) is 0. The first-order valence-corrected chi connectivity index (χ1v) is 9.97. The molecule has 2 atom stereocenters. The highest BCUT2D eigenvalue weighted by atomic mass is 14.2. The zero-order valence-corrected chi connectivity index (χ0v) is 15.7. The number of hydrogen-bond acceptors (Lipinski definition) is 0. The third-order valence-electron chi connectivity index (χ3n) is 5.72. The SMILES string of the molecule is CC1CC1.CC1CCC(C)CC1.CC1CCCC(C)CC1. The Hall–Kier alpha value is 0. The first-order valence-electron chi connectivity index (χ1n) is 9.97. The van der Waals surface area contributed by atoms with Crippen molar-refractivity contribution in [1.82, 2.24) is 0 Å². The fraction of sp³-hybridized carbons (Fsp3) is 1.00. The third kappa shape index (κ3) is 11.2. The zero-order chi connectivity index (χ0) is 15.7. The van der Waals surface area contributed by atoms with E-state index in [-0.39, 0.29) is 0 Å². The van der Waals surface area contributed by atoms with Crippen LogP contribution in [0.3, 0.4) is 0 Å². The number of hydrogen-bond donors (Lipinski definition) is 0. The number of rotatable bonds is 0. The van der Waals surface area contributed by atoms with Gasteiger partial charge in [0, 0.05) is 0 Å². The molecule has 3 aliphatic rings. The molecular weight excluding hydrogens is 252 g/mol. The summed E-state index contributed by atoms with van der Waals surface area (Å²) < 4.78 is 0. The van der Waals surface area contributed by atoms with Gasteiger partial charge in [-0.1, -0.05) is 105 Å². The standard InChI is InChI=1S/C9H18.C8H16.C4H8/c1-8-4-3-5-9(2)7-6-8;1-7-3-5-8(2)6-4-7;1-4-2-3-4/h8-9H,3-7H2,1-2H3;7-8H,3-6H2,1-2H3;4H,2-3H2,1H3. The van der Waals surface area contributed by atoms with Gasteiger partial charge in [0.1, 0.15) is 0 Å². The van der Waals surface area contributed by atoms with Crippen molar-refractivity contribution in [2.45, 2.75) is 105 Å². The van der Waals surface area contributed by atoms with Crippen LogP contribution in [0.15, 0.2) is 0 Å². The molecule has 0 spiro atoms. The van der Waals surface area contributed by atoms with E-state index in [0.29, 0.717) is 0 Å². The lowest BCUT2D eigenvalue weighted by Crippen LogP contribution is -2.08. The summed E-state index contributed by atoms with van der Waals surface area (Å²) in [6, 6.07) is 0. The maximum atomic E-state index is 2.39. The molecule has 0 aliphatic heterocycles. The first-order chi connectivity index (χ1) is 9.97. The van der Waals surface area contributed by atoms with Crippen molar-refractivity contribution >= 4 is 0 Å². The van der Waals surface area contributed by atoms with Crippen LogP contribution >= 0.6 is 0 Å². The zero-order valence-electron chi connectivity index (χ0n) is 15.7. The van der Waals surface area contributed by atoms with Crippen molar-refractivity contribution < 1.29 is 0 Å². The van der Waals surface area contributed by atoms with Gasteiger partial charge in [-0.05, 0) is 29.6 Å². The van der Waals surface area contributed by atoms with Gasteiger partial charge in [-0.3, -0.25) is 0 Å². The molecule has 2 unspecified atom stereocenters. The van der Waals surface area contributed by atoms with E-state index >= 15 is 0 Å². The minimum Gasteiger partial charge on any atom is -0.0625 e. The minimum absolute atomic E-state index is 1.01. The summed E-state index contributed by atoms with van der Waals surface area (Å²) in [5.41, 5.74) is 0. The van der Waals surface area contributed by atoms with Gasteiger partial charge in [-0.15, -0.1) is 0 Å². The fourth-order valence-electron chi connectivity index (χ4n) is 3.27. The Morgan fingerprint density at radius 2 is 0.524 bits per heavy atom. The van der Waals surface area contributed by atoms with E-state index in [2.05, 4.69) is 34.6 Å². The topological polar surface area (TPSA) is 0 Å². The molecule has 0 aromatic carbocycles. The molecular formula is C21H42. The van der Waals surface area contributed by atoms with Crippen LogP contribution in [0.2, 0.25) is 0 Å². The van der Waals surface area contributed by atoms with Crippen LogP contribution in [0.25, 0.3) is 0 Å². The van der Waals surface area contributed by atoms with Gasteiger partial charge in [0.25, 0.3) is 0 Å². The Labute approximate surface area is 135 Å². The molecule has 0 nitrogen and oxygen atoms in total. The van der Waals surface area contributed by atoms with Crippen LogP contribution in [0, 0.1) is 29.6 Å². The molecule has 3 fully saturated rings. The van der Waals surface area contributed by atoms with E-state index in [1.165, 1.54) is 70.6 Å². The Bertz CT molecular complexity index is 212. The smallest absolute Gasteiger partial charge is 0.0443 e. The lowest BCUT2D eigenvalue weighted by atomic mass is 9.84. The molecule has 0 radical (unpaired) electrons. The average Bonchev–Trinajstić information content (AvgIpc) is 3.25. The average molecular weight is 295 g/mol. The molecule has 0 amide bonds. The lowest BCUT2D eigenvalue weighted by molar-refractivity contribution is 0.308. The van der Waals surface area contributed by atoms with Crippen LogP contribution in [0.5, 0.6) is 0 Å². The first kappa shape index (κ1) is 19.0. The van der Waals surface area contributed by atoms with Crippen LogP contribution in [-0.2, 0) is 0 Å². The molecule has 0 aromatic heterocycles. The Morgan fingerprint density at radius 3 is 0.762 bits per heavy atom. The van der Waals surface area contributed by atoms with E-state index in [1.54, 1.807) is 0 Å². The molecule has 0 aromatic rings. The van der Waals surface area contributed by atoms with E-state index < -0.39 is 0 Å². The molecule has 3 aliphatic carbocycles. The molecule has 21 heavy (non-hydrogen) atoms. The quantitative estimate of drug-likeness (QED) is 0.406. The maximum absolute atomic E-state index is 2.39. The molecule has 126 valence electrons. The third-order valence-corrected chi connectivity index (χ3v) is 5.72. The molecule has 3 rings (SSSR count). The van der Waals surface area contributed by atoms with E-state index in [9.17, 15) is 0 Å². The molecule has 3 saturated carbocycles. The fourth-order valence-corrected chi connectivity index (χ4v) is 3.27. The lowest BCUT2D eigenvalue weighted by Gasteiger charge is -2.22. The van der Waals surface area contributed by atoms with Crippen molar-refractivity contribution in [3.63, 3.8) is 0 Å². The van der Waals surface area contributed by atoms with Crippen molar-refractivity contribution in [3.05, 3.63) is 0 Å². The molecule has 0 N–H and O–H groups in total. The highest BCUT2D eigenvalue weighted by Gasteiger charge is 2.13. The predicted molar refractivity (Wildman–Crippen MR) is 96.6 cm³/mol. The van der Waals surface area contributed by atoms with Gasteiger partial charge in [0.2, 0.25) is 0 Å². The van der Waals surface area contributed by atoms with Crippen LogP contribution in [0.1, 0.15) is 105 Å². The van der Waals surface area contributed by atoms with Crippen molar-refractivity contribution in [2.24, 2.45) is 29.6 Å². The van der Waals surface area contributed by atoms with Crippen molar-refractivity contribution in [3.8, 4) is 0 Å². The van der Waals surface area contributed by atoms with Crippen LogP contribution in [-0.4, -0.2) is 0 Å². The minimum atomic E-state index is 1.01. The van der Waals surface area contributed by atoms with E-state index in [4.69, 9.17) is 0 Å². The summed E-state index contributed by atoms with van der Waals surface area (Å²) in [5.74, 6) is 5.14. The summed E-state index contributed by atoms with van der Waals surface area (Å²) in [7, 11) is 0. The van der Waals surface area contributed by atoms with Gasteiger partial charge in [0.05, 0.1) is 0 Å². The predicted octanol–water partition coefficient (Wildman–Crippen LogP) is 7.47. The highest BCUT2D eigenvalue weighted by molar-refractivity contribution is 4.66. The van der Waals surface area contributed by atoms with Gasteiger partial charge < -0.3 is 0 Å². The maximum Gasteiger partial charge on any atom is -0.0443 e. The second-order valence-electron chi connectivity index (χ2n) is 8.77.